The van der Waals surface area contributed by atoms with E-state index >= 15 is 0 Å². The quantitative estimate of drug-likeness (QED) is 0.322. The van der Waals surface area contributed by atoms with Crippen molar-refractivity contribution in [1.82, 2.24) is 15.1 Å². The van der Waals surface area contributed by atoms with Gasteiger partial charge >= 0.3 is 0 Å². The summed E-state index contributed by atoms with van der Waals surface area (Å²) in [4.78, 5) is 4.57. The Morgan fingerprint density at radius 3 is 2.48 bits per heavy atom. The summed E-state index contributed by atoms with van der Waals surface area (Å²) in [6, 6.07) is 10.5. The highest BCUT2D eigenvalue weighted by molar-refractivity contribution is 5.22. The molecule has 0 saturated carbocycles. The third-order valence-electron chi connectivity index (χ3n) is 4.10. The molecule has 1 unspecified atom stereocenters. The van der Waals surface area contributed by atoms with Crippen LogP contribution in [0.1, 0.15) is 25.8 Å². The van der Waals surface area contributed by atoms with Crippen LogP contribution >= 0.6 is 0 Å². The Bertz CT molecular complexity index is 599. The van der Waals surface area contributed by atoms with Crippen molar-refractivity contribution in [3.63, 3.8) is 0 Å². The van der Waals surface area contributed by atoms with Gasteiger partial charge in [0.05, 0.1) is 13.8 Å². The number of nitrogens with zero attached hydrogens (tertiary/aromatic N) is 2. The largest absolute Gasteiger partial charge is 0.497 e. The molecule has 1 atom stereocenters. The van der Waals surface area contributed by atoms with Crippen molar-refractivity contribution in [2.45, 2.75) is 33.2 Å². The molecule has 1 N–H and O–H groups in total. The Morgan fingerprint density at radius 1 is 1.22 bits per heavy atom. The van der Waals surface area contributed by atoms with Gasteiger partial charge in [-0.2, -0.15) is 0 Å². The van der Waals surface area contributed by atoms with Gasteiger partial charge in [-0.1, -0.05) is 49.9 Å². The lowest BCUT2D eigenvalue weighted by Gasteiger charge is -2.34. The van der Waals surface area contributed by atoms with Gasteiger partial charge < -0.3 is 14.8 Å². The molecule has 1 aromatic rings. The Hall–Kier alpha value is -2.08. The van der Waals surface area contributed by atoms with Gasteiger partial charge in [-0.25, -0.2) is 4.90 Å². The number of hydrogen-bond acceptors (Lipinski definition) is 5. The van der Waals surface area contributed by atoms with Crippen LogP contribution < -0.4 is 5.32 Å². The van der Waals surface area contributed by atoms with E-state index in [2.05, 4.69) is 59.9 Å². The van der Waals surface area contributed by atoms with Crippen LogP contribution in [0.5, 0.6) is 0 Å². The Kier molecular flexibility index (Phi) is 11.2. The molecule has 0 saturated heterocycles. The predicted molar refractivity (Wildman–Crippen MR) is 113 cm³/mol. The van der Waals surface area contributed by atoms with Crippen molar-refractivity contribution in [1.29, 1.82) is 0 Å². The Balaban J connectivity index is 2.75. The van der Waals surface area contributed by atoms with E-state index in [1.807, 2.05) is 31.2 Å². The number of nitrogens with one attached hydrogen (secondary N) is 1. The fourth-order valence-corrected chi connectivity index (χ4v) is 2.72. The second kappa shape index (κ2) is 13.1. The first-order valence-corrected chi connectivity index (χ1v) is 9.37. The third kappa shape index (κ3) is 8.91. The molecular formula is C22H35N3O2. The third-order valence-corrected chi connectivity index (χ3v) is 4.10. The van der Waals surface area contributed by atoms with Gasteiger partial charge in [0.1, 0.15) is 5.76 Å². The Labute approximate surface area is 164 Å². The molecule has 0 bridgehead atoms. The van der Waals surface area contributed by atoms with Gasteiger partial charge in [-0.15, -0.1) is 0 Å². The van der Waals surface area contributed by atoms with Crippen molar-refractivity contribution in [2.24, 2.45) is 0 Å². The molecular weight excluding hydrogens is 338 g/mol. The minimum Gasteiger partial charge on any atom is -0.497 e. The summed E-state index contributed by atoms with van der Waals surface area (Å²) >= 11 is 0. The standard InChI is InChI=1S/C22H35N3O2/c1-7-16-25(18-24(4)17-20-12-10-9-11-13-20)22(27-6)23-21(8-2)15-14-19(3)26-5/h8-15,22-23H,3,7,16-18H2,1-2,4-6H3/b15-14-,21-8+. The molecule has 0 fully saturated rings. The zero-order valence-electron chi connectivity index (χ0n) is 17.4. The lowest BCUT2D eigenvalue weighted by Crippen LogP contribution is -2.50. The fraction of sp³-hybridized carbons (Fsp3) is 0.455. The minimum atomic E-state index is -0.227. The number of rotatable bonds is 13. The summed E-state index contributed by atoms with van der Waals surface area (Å²) in [6.45, 7) is 10.6. The normalized spacial score (nSPS) is 13.4. The smallest absolute Gasteiger partial charge is 0.187 e. The average molecular weight is 374 g/mol. The van der Waals surface area contributed by atoms with Crippen molar-refractivity contribution < 1.29 is 9.47 Å². The van der Waals surface area contributed by atoms with Crippen molar-refractivity contribution in [2.75, 3.05) is 34.5 Å². The van der Waals surface area contributed by atoms with Gasteiger partial charge in [-0.3, -0.25) is 4.90 Å². The fourth-order valence-electron chi connectivity index (χ4n) is 2.72. The van der Waals surface area contributed by atoms with Gasteiger partial charge in [0.2, 0.25) is 0 Å². The van der Waals surface area contributed by atoms with Crippen LogP contribution in [-0.2, 0) is 16.0 Å². The first-order chi connectivity index (χ1) is 13.0. The summed E-state index contributed by atoms with van der Waals surface area (Å²) < 4.78 is 10.8. The van der Waals surface area contributed by atoms with Gasteiger partial charge in [-0.05, 0) is 38.1 Å². The van der Waals surface area contributed by atoms with Gasteiger partial charge in [0.15, 0.2) is 6.35 Å². The lowest BCUT2D eigenvalue weighted by atomic mass is 10.2. The van der Waals surface area contributed by atoms with E-state index in [1.165, 1.54) is 5.56 Å². The predicted octanol–water partition coefficient (Wildman–Crippen LogP) is 3.93. The van der Waals surface area contributed by atoms with Crippen molar-refractivity contribution >= 4 is 0 Å². The zero-order chi connectivity index (χ0) is 20.1. The van der Waals surface area contributed by atoms with Crippen LogP contribution in [0, 0.1) is 0 Å². The highest BCUT2D eigenvalue weighted by Gasteiger charge is 2.19. The summed E-state index contributed by atoms with van der Waals surface area (Å²) in [5.41, 5.74) is 2.25. The van der Waals surface area contributed by atoms with Gasteiger partial charge in [0, 0.05) is 25.9 Å². The maximum atomic E-state index is 5.74. The molecule has 1 aromatic carbocycles. The van der Waals surface area contributed by atoms with E-state index in [9.17, 15) is 0 Å². The lowest BCUT2D eigenvalue weighted by molar-refractivity contribution is -0.0695. The van der Waals surface area contributed by atoms with E-state index < -0.39 is 0 Å². The molecule has 5 nitrogen and oxygen atoms in total. The van der Waals surface area contributed by atoms with Crippen LogP contribution in [0.2, 0.25) is 0 Å². The van der Waals surface area contributed by atoms with Crippen LogP contribution in [0.25, 0.3) is 0 Å². The highest BCUT2D eigenvalue weighted by atomic mass is 16.5. The number of benzene rings is 1. The molecule has 0 radical (unpaired) electrons. The highest BCUT2D eigenvalue weighted by Crippen LogP contribution is 2.08. The summed E-state index contributed by atoms with van der Waals surface area (Å²) in [6.07, 6.45) is 6.59. The number of hydrogen-bond donors (Lipinski definition) is 1. The van der Waals surface area contributed by atoms with E-state index in [1.54, 1.807) is 14.2 Å². The minimum absolute atomic E-state index is 0.227. The van der Waals surface area contributed by atoms with Crippen LogP contribution in [0.4, 0.5) is 0 Å². The maximum Gasteiger partial charge on any atom is 0.187 e. The molecule has 0 spiro atoms. The number of allylic oxidation sites excluding steroid dienone is 3. The zero-order valence-corrected chi connectivity index (χ0v) is 17.4. The monoisotopic (exact) mass is 373 g/mol. The van der Waals surface area contributed by atoms with Crippen molar-refractivity contribution in [3.8, 4) is 0 Å². The van der Waals surface area contributed by atoms with E-state index in [0.29, 0.717) is 5.76 Å². The molecule has 0 aromatic heterocycles. The Morgan fingerprint density at radius 2 is 1.93 bits per heavy atom. The maximum absolute atomic E-state index is 5.74. The average Bonchev–Trinajstić information content (AvgIpc) is 2.68. The first-order valence-electron chi connectivity index (χ1n) is 9.37. The molecule has 0 aliphatic rings. The number of ether oxygens (including phenoxy) is 2. The molecule has 0 amide bonds. The van der Waals surface area contributed by atoms with E-state index in [4.69, 9.17) is 9.47 Å². The molecule has 27 heavy (non-hydrogen) atoms. The molecule has 150 valence electrons. The summed E-state index contributed by atoms with van der Waals surface area (Å²) in [7, 11) is 5.46. The second-order valence-corrected chi connectivity index (χ2v) is 6.43. The molecule has 1 rings (SSSR count). The van der Waals surface area contributed by atoms with E-state index in [0.717, 1.165) is 31.9 Å². The van der Waals surface area contributed by atoms with Gasteiger partial charge in [0.25, 0.3) is 0 Å². The summed E-state index contributed by atoms with van der Waals surface area (Å²) in [5.74, 6) is 0.609. The molecule has 0 aliphatic carbocycles. The topological polar surface area (TPSA) is 37.0 Å². The van der Waals surface area contributed by atoms with Crippen LogP contribution in [0.15, 0.2) is 66.6 Å². The first kappa shape index (κ1) is 23.0. The SMILES string of the molecule is C=C(/C=C\C(=C/C)NC(OC)N(CCC)CN(C)Cc1ccccc1)OC. The van der Waals surface area contributed by atoms with Crippen LogP contribution in [0.3, 0.4) is 0 Å². The van der Waals surface area contributed by atoms with Crippen LogP contribution in [-0.4, -0.2) is 50.6 Å². The second-order valence-electron chi connectivity index (χ2n) is 6.43. The molecule has 0 heterocycles. The molecule has 5 heteroatoms. The van der Waals surface area contributed by atoms with Crippen molar-refractivity contribution in [3.05, 3.63) is 72.2 Å². The number of methoxy groups -OCH3 is 2. The summed E-state index contributed by atoms with van der Waals surface area (Å²) in [5, 5.41) is 3.44. The van der Waals surface area contributed by atoms with E-state index in [-0.39, 0.29) is 6.35 Å². The molecule has 0 aliphatic heterocycles.